The van der Waals surface area contributed by atoms with Crippen molar-refractivity contribution in [1.29, 1.82) is 0 Å². The Balaban J connectivity index is 2.14. The molecule has 1 N–H and O–H groups in total. The van der Waals surface area contributed by atoms with Crippen molar-refractivity contribution in [2.24, 2.45) is 5.92 Å². The third-order valence-electron chi connectivity index (χ3n) is 5.98. The highest BCUT2D eigenvalue weighted by Gasteiger charge is 2.49. The smallest absolute Gasteiger partial charge is 0.115 e. The summed E-state index contributed by atoms with van der Waals surface area (Å²) in [6, 6.07) is 6.77. The number of aromatic hydroxyl groups is 1. The van der Waals surface area contributed by atoms with Crippen LogP contribution in [-0.4, -0.2) is 30.1 Å². The van der Waals surface area contributed by atoms with Crippen molar-refractivity contribution >= 4 is 0 Å². The van der Waals surface area contributed by atoms with E-state index in [-0.39, 0.29) is 0 Å². The van der Waals surface area contributed by atoms with Gasteiger partial charge in [0.05, 0.1) is 0 Å². The molecule has 0 radical (unpaired) electrons. The predicted octanol–water partition coefficient (Wildman–Crippen LogP) is 4.11. The van der Waals surface area contributed by atoms with E-state index in [1.807, 2.05) is 6.07 Å². The fourth-order valence-corrected chi connectivity index (χ4v) is 5.17. The lowest BCUT2D eigenvalue weighted by Crippen LogP contribution is -2.53. The molecular formula is C19H29NO. The van der Waals surface area contributed by atoms with E-state index < -0.39 is 0 Å². The number of rotatable bonds is 3. The SMILES string of the molecule is CCC[C@@]12CCCCC1C(N(C)C)Cc1ccc(O)cc12. The molecule has 1 saturated carbocycles. The molecule has 0 aliphatic heterocycles. The highest BCUT2D eigenvalue weighted by Crippen LogP contribution is 2.54. The number of phenolic OH excluding ortho intramolecular Hbond substituents is 1. The summed E-state index contributed by atoms with van der Waals surface area (Å²) < 4.78 is 0. The molecule has 2 unspecified atom stereocenters. The number of phenols is 1. The zero-order valence-corrected chi connectivity index (χ0v) is 13.7. The molecule has 2 aliphatic carbocycles. The van der Waals surface area contributed by atoms with Crippen molar-refractivity contribution in [3.8, 4) is 5.75 Å². The zero-order valence-electron chi connectivity index (χ0n) is 13.7. The maximum absolute atomic E-state index is 10.0. The molecule has 21 heavy (non-hydrogen) atoms. The van der Waals surface area contributed by atoms with Gasteiger partial charge < -0.3 is 10.0 Å². The Morgan fingerprint density at radius 2 is 2.10 bits per heavy atom. The lowest BCUT2D eigenvalue weighted by molar-refractivity contribution is 0.0644. The number of benzene rings is 1. The van der Waals surface area contributed by atoms with Crippen LogP contribution in [0.2, 0.25) is 0 Å². The average Bonchev–Trinajstić information content (AvgIpc) is 2.47. The fourth-order valence-electron chi connectivity index (χ4n) is 5.17. The van der Waals surface area contributed by atoms with Gasteiger partial charge in [-0.2, -0.15) is 0 Å². The van der Waals surface area contributed by atoms with Gasteiger partial charge in [-0.05, 0) is 69.0 Å². The second-order valence-electron chi connectivity index (χ2n) is 7.33. The van der Waals surface area contributed by atoms with E-state index in [4.69, 9.17) is 0 Å². The Labute approximate surface area is 129 Å². The van der Waals surface area contributed by atoms with Gasteiger partial charge >= 0.3 is 0 Å². The van der Waals surface area contributed by atoms with Gasteiger partial charge in [-0.15, -0.1) is 0 Å². The highest BCUT2D eigenvalue weighted by atomic mass is 16.3. The molecule has 0 heterocycles. The molecule has 2 heteroatoms. The Bertz CT molecular complexity index is 506. The first kappa shape index (κ1) is 14.9. The summed E-state index contributed by atoms with van der Waals surface area (Å²) in [5, 5.41) is 10.0. The first-order valence-corrected chi connectivity index (χ1v) is 8.57. The van der Waals surface area contributed by atoms with Gasteiger partial charge in [0.25, 0.3) is 0 Å². The van der Waals surface area contributed by atoms with Crippen LogP contribution in [0.1, 0.15) is 56.6 Å². The molecule has 1 fully saturated rings. The highest BCUT2D eigenvalue weighted by molar-refractivity contribution is 5.44. The number of fused-ring (bicyclic) bond motifs is 3. The molecule has 2 nitrogen and oxygen atoms in total. The molecule has 1 aromatic rings. The molecule has 0 bridgehead atoms. The molecule has 3 rings (SSSR count). The van der Waals surface area contributed by atoms with E-state index in [2.05, 4.69) is 38.1 Å². The van der Waals surface area contributed by atoms with Gasteiger partial charge in [-0.1, -0.05) is 32.3 Å². The van der Waals surface area contributed by atoms with Crippen molar-refractivity contribution in [2.45, 2.75) is 63.3 Å². The topological polar surface area (TPSA) is 23.5 Å². The number of nitrogens with zero attached hydrogens (tertiary/aromatic N) is 1. The largest absolute Gasteiger partial charge is 0.508 e. The summed E-state index contributed by atoms with van der Waals surface area (Å²) in [4.78, 5) is 2.44. The molecule has 0 amide bonds. The van der Waals surface area contributed by atoms with Crippen molar-refractivity contribution in [3.05, 3.63) is 29.3 Å². The zero-order chi connectivity index (χ0) is 15.0. The third-order valence-corrected chi connectivity index (χ3v) is 5.98. The number of likely N-dealkylation sites (N-methyl/N-ethyl adjacent to an activating group) is 1. The Hall–Kier alpha value is -1.02. The van der Waals surface area contributed by atoms with Crippen LogP contribution < -0.4 is 0 Å². The Morgan fingerprint density at radius 3 is 2.81 bits per heavy atom. The summed E-state index contributed by atoms with van der Waals surface area (Å²) in [6.07, 6.45) is 8.98. The van der Waals surface area contributed by atoms with Crippen LogP contribution in [0.3, 0.4) is 0 Å². The van der Waals surface area contributed by atoms with E-state index >= 15 is 0 Å². The number of hydrogen-bond donors (Lipinski definition) is 1. The van der Waals surface area contributed by atoms with Crippen LogP contribution in [0.4, 0.5) is 0 Å². The van der Waals surface area contributed by atoms with Gasteiger partial charge in [0.1, 0.15) is 5.75 Å². The van der Waals surface area contributed by atoms with Crippen LogP contribution in [0.15, 0.2) is 18.2 Å². The second-order valence-corrected chi connectivity index (χ2v) is 7.33. The summed E-state index contributed by atoms with van der Waals surface area (Å²) in [5.74, 6) is 1.19. The molecule has 2 aliphatic rings. The average molecular weight is 287 g/mol. The normalized spacial score (nSPS) is 31.8. The van der Waals surface area contributed by atoms with Gasteiger partial charge in [-0.25, -0.2) is 0 Å². The van der Waals surface area contributed by atoms with Crippen molar-refractivity contribution in [1.82, 2.24) is 4.90 Å². The molecule has 116 valence electrons. The monoisotopic (exact) mass is 287 g/mol. The number of hydrogen-bond acceptors (Lipinski definition) is 2. The molecule has 0 spiro atoms. The van der Waals surface area contributed by atoms with E-state index in [0.29, 0.717) is 17.2 Å². The fraction of sp³-hybridized carbons (Fsp3) is 0.684. The first-order valence-electron chi connectivity index (χ1n) is 8.57. The van der Waals surface area contributed by atoms with Gasteiger partial charge in [0.15, 0.2) is 0 Å². The van der Waals surface area contributed by atoms with Crippen molar-refractivity contribution in [2.75, 3.05) is 14.1 Å². The maximum Gasteiger partial charge on any atom is 0.115 e. The lowest BCUT2D eigenvalue weighted by Gasteiger charge is -2.54. The van der Waals surface area contributed by atoms with Crippen LogP contribution in [-0.2, 0) is 11.8 Å². The van der Waals surface area contributed by atoms with Crippen molar-refractivity contribution in [3.63, 3.8) is 0 Å². The second kappa shape index (κ2) is 5.64. The standard InChI is InChI=1S/C19H29NO/c1-4-10-19-11-6-5-7-16(19)18(20(2)3)12-14-8-9-15(21)13-17(14)19/h8-9,13,16,18,21H,4-7,10-12H2,1-3H3/t16?,18?,19-/m1/s1. The third kappa shape index (κ3) is 2.38. The summed E-state index contributed by atoms with van der Waals surface area (Å²) in [7, 11) is 4.47. The van der Waals surface area contributed by atoms with Crippen LogP contribution in [0, 0.1) is 5.92 Å². The Morgan fingerprint density at radius 1 is 1.29 bits per heavy atom. The summed E-state index contributed by atoms with van der Waals surface area (Å²) in [5.41, 5.74) is 3.24. The van der Waals surface area contributed by atoms with Gasteiger partial charge in [-0.3, -0.25) is 0 Å². The first-order chi connectivity index (χ1) is 10.1. The minimum atomic E-state index is 0.300. The lowest BCUT2D eigenvalue weighted by atomic mass is 9.54. The predicted molar refractivity (Wildman–Crippen MR) is 87.8 cm³/mol. The summed E-state index contributed by atoms with van der Waals surface area (Å²) in [6.45, 7) is 2.31. The van der Waals surface area contributed by atoms with E-state index in [1.54, 1.807) is 0 Å². The quantitative estimate of drug-likeness (QED) is 0.904. The van der Waals surface area contributed by atoms with E-state index in [0.717, 1.165) is 12.3 Å². The van der Waals surface area contributed by atoms with E-state index in [1.165, 1.54) is 49.7 Å². The molecule has 0 aromatic heterocycles. The molecule has 1 aromatic carbocycles. The summed E-state index contributed by atoms with van der Waals surface area (Å²) >= 11 is 0. The van der Waals surface area contributed by atoms with Crippen LogP contribution in [0.25, 0.3) is 0 Å². The minimum absolute atomic E-state index is 0.300. The van der Waals surface area contributed by atoms with Gasteiger partial charge in [0, 0.05) is 11.5 Å². The van der Waals surface area contributed by atoms with Crippen molar-refractivity contribution < 1.29 is 5.11 Å². The minimum Gasteiger partial charge on any atom is -0.508 e. The van der Waals surface area contributed by atoms with Gasteiger partial charge in [0.2, 0.25) is 0 Å². The van der Waals surface area contributed by atoms with Crippen LogP contribution >= 0.6 is 0 Å². The molecule has 3 atom stereocenters. The molecular weight excluding hydrogens is 258 g/mol. The molecule has 0 saturated heterocycles. The van der Waals surface area contributed by atoms with Crippen LogP contribution in [0.5, 0.6) is 5.75 Å². The maximum atomic E-state index is 10.0. The Kier molecular flexibility index (Phi) is 4.00. The van der Waals surface area contributed by atoms with E-state index in [9.17, 15) is 5.11 Å².